The summed E-state index contributed by atoms with van der Waals surface area (Å²) in [4.78, 5) is 13.6. The first-order chi connectivity index (χ1) is 9.19. The highest BCUT2D eigenvalue weighted by atomic mass is 35.5. The SMILES string of the molecule is CCCN(C/C=C/c1ccccc1)C(=O)[C@H](N)CO.Cl. The Hall–Kier alpha value is -1.36. The third-order valence-corrected chi connectivity index (χ3v) is 2.75. The predicted molar refractivity (Wildman–Crippen MR) is 84.7 cm³/mol. The molecule has 0 fully saturated rings. The van der Waals surface area contributed by atoms with E-state index in [1.54, 1.807) is 4.90 Å². The average molecular weight is 299 g/mol. The Morgan fingerprint density at radius 2 is 2.05 bits per heavy atom. The molecule has 1 aromatic rings. The summed E-state index contributed by atoms with van der Waals surface area (Å²) in [7, 11) is 0. The van der Waals surface area contributed by atoms with Gasteiger partial charge in [0.15, 0.2) is 0 Å². The minimum atomic E-state index is -0.823. The molecule has 0 heterocycles. The maximum atomic E-state index is 11.9. The van der Waals surface area contributed by atoms with Crippen molar-refractivity contribution in [3.63, 3.8) is 0 Å². The van der Waals surface area contributed by atoms with E-state index in [-0.39, 0.29) is 24.9 Å². The van der Waals surface area contributed by atoms with E-state index in [4.69, 9.17) is 10.8 Å². The fourth-order valence-electron chi connectivity index (χ4n) is 1.75. The van der Waals surface area contributed by atoms with E-state index in [0.717, 1.165) is 12.0 Å². The van der Waals surface area contributed by atoms with Gasteiger partial charge in [-0.1, -0.05) is 49.4 Å². The fraction of sp³-hybridized carbons (Fsp3) is 0.400. The largest absolute Gasteiger partial charge is 0.394 e. The van der Waals surface area contributed by atoms with Crippen LogP contribution >= 0.6 is 12.4 Å². The lowest BCUT2D eigenvalue weighted by atomic mass is 10.2. The molecule has 3 N–H and O–H groups in total. The van der Waals surface area contributed by atoms with Crippen LogP contribution in [0, 0.1) is 0 Å². The Bertz CT molecular complexity index is 410. The number of hydrogen-bond donors (Lipinski definition) is 2. The molecule has 5 heteroatoms. The van der Waals surface area contributed by atoms with Crippen molar-refractivity contribution >= 4 is 24.4 Å². The van der Waals surface area contributed by atoms with Crippen LogP contribution < -0.4 is 5.73 Å². The molecule has 0 saturated heterocycles. The molecular weight excluding hydrogens is 276 g/mol. The van der Waals surface area contributed by atoms with Crippen LogP contribution in [0.25, 0.3) is 6.08 Å². The third kappa shape index (κ3) is 6.19. The number of benzene rings is 1. The van der Waals surface area contributed by atoms with Gasteiger partial charge >= 0.3 is 0 Å². The topological polar surface area (TPSA) is 66.6 Å². The molecule has 0 aliphatic heterocycles. The van der Waals surface area contributed by atoms with E-state index >= 15 is 0 Å². The van der Waals surface area contributed by atoms with Crippen molar-refractivity contribution < 1.29 is 9.90 Å². The van der Waals surface area contributed by atoms with Crippen LogP contribution in [0.2, 0.25) is 0 Å². The van der Waals surface area contributed by atoms with Crippen molar-refractivity contribution in [1.29, 1.82) is 0 Å². The Balaban J connectivity index is 0.00000361. The summed E-state index contributed by atoms with van der Waals surface area (Å²) < 4.78 is 0. The van der Waals surface area contributed by atoms with Gasteiger partial charge in [0.1, 0.15) is 6.04 Å². The number of amides is 1. The predicted octanol–water partition coefficient (Wildman–Crippen LogP) is 1.68. The number of nitrogens with two attached hydrogens (primary N) is 1. The van der Waals surface area contributed by atoms with Gasteiger partial charge in [0.25, 0.3) is 0 Å². The van der Waals surface area contributed by atoms with Crippen molar-refractivity contribution in [3.05, 3.63) is 42.0 Å². The van der Waals surface area contributed by atoms with Crippen molar-refractivity contribution in [1.82, 2.24) is 4.90 Å². The second kappa shape index (κ2) is 10.4. The molecule has 1 amide bonds. The van der Waals surface area contributed by atoms with Crippen LogP contribution in [0.5, 0.6) is 0 Å². The van der Waals surface area contributed by atoms with Crippen LogP contribution in [-0.4, -0.2) is 41.7 Å². The first kappa shape index (κ1) is 18.6. The van der Waals surface area contributed by atoms with Crippen molar-refractivity contribution in [3.8, 4) is 0 Å². The number of aliphatic hydroxyl groups is 1. The molecule has 1 rings (SSSR count). The number of rotatable bonds is 7. The fourth-order valence-corrected chi connectivity index (χ4v) is 1.75. The molecule has 0 bridgehead atoms. The Kier molecular flexibility index (Phi) is 9.72. The molecule has 0 aliphatic rings. The molecule has 0 spiro atoms. The summed E-state index contributed by atoms with van der Waals surface area (Å²) in [5.41, 5.74) is 6.66. The van der Waals surface area contributed by atoms with Gasteiger partial charge in [-0.2, -0.15) is 0 Å². The molecular formula is C15H23ClN2O2. The summed E-state index contributed by atoms with van der Waals surface area (Å²) in [5, 5.41) is 8.94. The lowest BCUT2D eigenvalue weighted by molar-refractivity contribution is -0.132. The van der Waals surface area contributed by atoms with Gasteiger partial charge in [0, 0.05) is 13.1 Å². The number of nitrogens with zero attached hydrogens (tertiary/aromatic N) is 1. The van der Waals surface area contributed by atoms with E-state index in [1.807, 2.05) is 49.4 Å². The van der Waals surface area contributed by atoms with Gasteiger partial charge in [0.2, 0.25) is 5.91 Å². The number of aliphatic hydroxyl groups excluding tert-OH is 1. The maximum Gasteiger partial charge on any atom is 0.242 e. The van der Waals surface area contributed by atoms with Crippen molar-refractivity contribution in [2.75, 3.05) is 19.7 Å². The first-order valence-electron chi connectivity index (χ1n) is 6.55. The van der Waals surface area contributed by atoms with Gasteiger partial charge < -0.3 is 15.7 Å². The molecule has 1 aromatic carbocycles. The molecule has 112 valence electrons. The second-order valence-corrected chi connectivity index (χ2v) is 4.39. The second-order valence-electron chi connectivity index (χ2n) is 4.39. The molecule has 0 unspecified atom stereocenters. The zero-order valence-corrected chi connectivity index (χ0v) is 12.6. The maximum absolute atomic E-state index is 11.9. The van der Waals surface area contributed by atoms with Gasteiger partial charge in [0.05, 0.1) is 6.61 Å². The smallest absolute Gasteiger partial charge is 0.242 e. The van der Waals surface area contributed by atoms with Gasteiger partial charge in [-0.15, -0.1) is 12.4 Å². The highest BCUT2D eigenvalue weighted by Crippen LogP contribution is 2.02. The minimum Gasteiger partial charge on any atom is -0.394 e. The molecule has 4 nitrogen and oxygen atoms in total. The monoisotopic (exact) mass is 298 g/mol. The Morgan fingerprint density at radius 1 is 1.40 bits per heavy atom. The zero-order valence-electron chi connectivity index (χ0n) is 11.7. The van der Waals surface area contributed by atoms with Crippen LogP contribution in [0.3, 0.4) is 0 Å². The van der Waals surface area contributed by atoms with Crippen LogP contribution in [-0.2, 0) is 4.79 Å². The lowest BCUT2D eigenvalue weighted by Gasteiger charge is -2.23. The normalized spacial score (nSPS) is 11.9. The molecule has 0 radical (unpaired) electrons. The zero-order chi connectivity index (χ0) is 14.1. The number of halogens is 1. The summed E-state index contributed by atoms with van der Waals surface area (Å²) in [5.74, 6) is -0.206. The highest BCUT2D eigenvalue weighted by Gasteiger charge is 2.18. The van der Waals surface area contributed by atoms with Gasteiger partial charge in [-0.25, -0.2) is 0 Å². The van der Waals surface area contributed by atoms with Gasteiger partial charge in [-0.05, 0) is 12.0 Å². The van der Waals surface area contributed by atoms with Crippen LogP contribution in [0.1, 0.15) is 18.9 Å². The van der Waals surface area contributed by atoms with Gasteiger partial charge in [-0.3, -0.25) is 4.79 Å². The first-order valence-corrected chi connectivity index (χ1v) is 6.55. The van der Waals surface area contributed by atoms with Crippen molar-refractivity contribution in [2.24, 2.45) is 5.73 Å². The standard InChI is InChI=1S/C15H22N2O2.ClH/c1-2-10-17(15(19)14(16)12-18)11-6-9-13-7-4-3-5-8-13;/h3-9,14,18H,2,10-12,16H2,1H3;1H/b9-6+;/t14-;/m1./s1. The number of carbonyl (C=O) groups is 1. The van der Waals surface area contributed by atoms with E-state index in [1.165, 1.54) is 0 Å². The van der Waals surface area contributed by atoms with E-state index < -0.39 is 6.04 Å². The van der Waals surface area contributed by atoms with Crippen LogP contribution in [0.15, 0.2) is 36.4 Å². The third-order valence-electron chi connectivity index (χ3n) is 2.75. The molecule has 0 aromatic heterocycles. The van der Waals surface area contributed by atoms with E-state index in [0.29, 0.717) is 13.1 Å². The number of carbonyl (C=O) groups excluding carboxylic acids is 1. The molecule has 0 saturated carbocycles. The minimum absolute atomic E-state index is 0. The quantitative estimate of drug-likeness (QED) is 0.805. The number of hydrogen-bond acceptors (Lipinski definition) is 3. The molecule has 20 heavy (non-hydrogen) atoms. The summed E-state index contributed by atoms with van der Waals surface area (Å²) >= 11 is 0. The lowest BCUT2D eigenvalue weighted by Crippen LogP contribution is -2.46. The average Bonchev–Trinajstić information content (AvgIpc) is 2.46. The molecule has 0 aliphatic carbocycles. The Morgan fingerprint density at radius 3 is 2.60 bits per heavy atom. The van der Waals surface area contributed by atoms with Crippen LogP contribution in [0.4, 0.5) is 0 Å². The summed E-state index contributed by atoms with van der Waals surface area (Å²) in [6, 6.07) is 9.08. The highest BCUT2D eigenvalue weighted by molar-refractivity contribution is 5.85. The Labute approximate surface area is 126 Å². The molecule has 1 atom stereocenters. The van der Waals surface area contributed by atoms with E-state index in [9.17, 15) is 4.79 Å². The van der Waals surface area contributed by atoms with E-state index in [2.05, 4.69) is 0 Å². The summed E-state index contributed by atoms with van der Waals surface area (Å²) in [6.45, 7) is 2.84. The summed E-state index contributed by atoms with van der Waals surface area (Å²) in [6.07, 6.45) is 4.77. The van der Waals surface area contributed by atoms with Crippen molar-refractivity contribution in [2.45, 2.75) is 19.4 Å².